The third-order valence-electron chi connectivity index (χ3n) is 3.11. The van der Waals surface area contributed by atoms with Gasteiger partial charge in [0.15, 0.2) is 5.82 Å². The van der Waals surface area contributed by atoms with Crippen molar-refractivity contribution in [3.63, 3.8) is 0 Å². The number of aliphatic hydroxyl groups is 1. The van der Waals surface area contributed by atoms with Crippen molar-refractivity contribution in [3.05, 3.63) is 23.9 Å². The van der Waals surface area contributed by atoms with Crippen LogP contribution in [0.3, 0.4) is 0 Å². The van der Waals surface area contributed by atoms with Gasteiger partial charge in [0.1, 0.15) is 11.7 Å². The van der Waals surface area contributed by atoms with Gasteiger partial charge in [-0.3, -0.25) is 9.59 Å². The molecule has 2 heterocycles. The molecule has 1 atom stereocenters. The van der Waals surface area contributed by atoms with Gasteiger partial charge in [0, 0.05) is 6.20 Å². The Bertz CT molecular complexity index is 741. The fraction of sp³-hybridized carbons (Fsp3) is 0.400. The molecular weight excluding hydrogens is 348 g/mol. The first kappa shape index (κ1) is 19.1. The number of hydrogen-bond acceptors (Lipinski definition) is 8. The molecule has 3 N–H and O–H groups in total. The van der Waals surface area contributed by atoms with Gasteiger partial charge in [0.05, 0.1) is 12.0 Å². The van der Waals surface area contributed by atoms with Crippen LogP contribution in [-0.4, -0.2) is 55.8 Å². The Morgan fingerprint density at radius 2 is 2.00 bits per heavy atom. The highest BCUT2D eigenvalue weighted by atomic mass is 16.6. The lowest BCUT2D eigenvalue weighted by Crippen LogP contribution is -2.57. The monoisotopic (exact) mass is 366 g/mol. The van der Waals surface area contributed by atoms with Crippen LogP contribution in [0.5, 0.6) is 0 Å². The lowest BCUT2D eigenvalue weighted by Gasteiger charge is -2.31. The number of pyridine rings is 1. The van der Waals surface area contributed by atoms with E-state index < -0.39 is 42.0 Å². The van der Waals surface area contributed by atoms with Gasteiger partial charge in [0.25, 0.3) is 11.8 Å². The molecular formula is C15H18N4O7. The molecule has 11 heteroatoms. The van der Waals surface area contributed by atoms with Crippen LogP contribution in [0.15, 0.2) is 18.3 Å². The number of carbonyl (C=O) groups is 4. The maximum atomic E-state index is 12.1. The Morgan fingerprint density at radius 3 is 2.42 bits per heavy atom. The van der Waals surface area contributed by atoms with Crippen molar-refractivity contribution in [2.75, 3.05) is 5.12 Å². The molecule has 0 aliphatic carbocycles. The van der Waals surface area contributed by atoms with E-state index in [1.54, 1.807) is 20.8 Å². The predicted octanol–water partition coefficient (Wildman–Crippen LogP) is 0.0607. The number of carbonyl (C=O) groups excluding carboxylic acids is 3. The van der Waals surface area contributed by atoms with Crippen molar-refractivity contribution in [2.24, 2.45) is 0 Å². The second-order valence-electron chi connectivity index (χ2n) is 6.40. The Balaban J connectivity index is 2.35. The quantitative estimate of drug-likeness (QED) is 0.496. The number of rotatable bonds is 4. The van der Waals surface area contributed by atoms with Crippen LogP contribution in [0.25, 0.3) is 0 Å². The first-order chi connectivity index (χ1) is 12.0. The summed E-state index contributed by atoms with van der Waals surface area (Å²) in [5.41, 5.74) is 1.21. The average Bonchev–Trinajstić information content (AvgIpc) is 2.76. The maximum Gasteiger partial charge on any atom is 0.428 e. The topological polar surface area (TPSA) is 149 Å². The molecule has 1 unspecified atom stereocenters. The van der Waals surface area contributed by atoms with E-state index >= 15 is 0 Å². The summed E-state index contributed by atoms with van der Waals surface area (Å²) in [6, 6.07) is 2.36. The van der Waals surface area contributed by atoms with Crippen molar-refractivity contribution in [2.45, 2.75) is 38.9 Å². The zero-order chi connectivity index (χ0) is 19.6. The number of ether oxygens (including phenoxy) is 1. The molecule has 1 aliphatic rings. The molecule has 0 aromatic carbocycles. The Morgan fingerprint density at radius 1 is 1.35 bits per heavy atom. The van der Waals surface area contributed by atoms with Crippen LogP contribution in [0.4, 0.5) is 10.6 Å². The summed E-state index contributed by atoms with van der Waals surface area (Å²) in [6.45, 7) is 4.85. The van der Waals surface area contributed by atoms with Crippen LogP contribution in [-0.2, 0) is 14.3 Å². The first-order valence-electron chi connectivity index (χ1n) is 7.53. The molecule has 0 bridgehead atoms. The molecule has 3 amide bonds. The number of aromatic carboxylic acids is 1. The highest BCUT2D eigenvalue weighted by molar-refractivity contribution is 6.06. The molecule has 0 spiro atoms. The lowest BCUT2D eigenvalue weighted by atomic mass is 10.2. The Kier molecular flexibility index (Phi) is 5.12. The standard InChI is InChI=1S/C15H18N4O7/c1-15(2,3)26-14(25)17-19(18-11(21)6-9(20)12(18)22)10-5-4-8(7-16-10)13(23)24/h4-5,7,9,20H,6H2,1-3H3,(H,17,25)(H,23,24). The Hall–Kier alpha value is -3.21. The molecule has 26 heavy (non-hydrogen) atoms. The SMILES string of the molecule is CC(C)(C)OC(=O)NN(c1ccc(C(=O)O)cn1)N1C(=O)CC(O)C1=O. The van der Waals surface area contributed by atoms with E-state index in [2.05, 4.69) is 10.4 Å². The minimum Gasteiger partial charge on any atom is -0.478 e. The number of aromatic nitrogens is 1. The summed E-state index contributed by atoms with van der Waals surface area (Å²) in [7, 11) is 0. The third-order valence-corrected chi connectivity index (χ3v) is 3.11. The largest absolute Gasteiger partial charge is 0.478 e. The number of hydrazine groups is 2. The molecule has 0 saturated carbocycles. The number of nitrogens with one attached hydrogen (secondary N) is 1. The number of carboxylic acid groups (broad SMARTS) is 1. The van der Waals surface area contributed by atoms with Crippen molar-refractivity contribution in [1.82, 2.24) is 15.4 Å². The van der Waals surface area contributed by atoms with Gasteiger partial charge < -0.3 is 14.9 Å². The van der Waals surface area contributed by atoms with Gasteiger partial charge in [-0.25, -0.2) is 20.0 Å². The van der Waals surface area contributed by atoms with Crippen LogP contribution in [0, 0.1) is 0 Å². The molecule has 1 fully saturated rings. The van der Waals surface area contributed by atoms with Crippen molar-refractivity contribution in [3.8, 4) is 0 Å². The molecule has 140 valence electrons. The third kappa shape index (κ3) is 4.25. The van der Waals surface area contributed by atoms with Crippen LogP contribution < -0.4 is 10.5 Å². The van der Waals surface area contributed by atoms with Gasteiger partial charge in [-0.15, -0.1) is 0 Å². The number of anilines is 1. The van der Waals surface area contributed by atoms with Gasteiger partial charge in [0.2, 0.25) is 0 Å². The van der Waals surface area contributed by atoms with E-state index in [-0.39, 0.29) is 11.4 Å². The van der Waals surface area contributed by atoms with Crippen molar-refractivity contribution < 1.29 is 34.1 Å². The van der Waals surface area contributed by atoms with E-state index in [1.165, 1.54) is 12.1 Å². The van der Waals surface area contributed by atoms with Gasteiger partial charge >= 0.3 is 12.1 Å². The molecule has 0 radical (unpaired) electrons. The van der Waals surface area contributed by atoms with E-state index in [0.29, 0.717) is 10.1 Å². The van der Waals surface area contributed by atoms with Crippen molar-refractivity contribution >= 4 is 29.7 Å². The normalized spacial score (nSPS) is 17.2. The zero-order valence-corrected chi connectivity index (χ0v) is 14.3. The zero-order valence-electron chi connectivity index (χ0n) is 14.3. The summed E-state index contributed by atoms with van der Waals surface area (Å²) >= 11 is 0. The lowest BCUT2D eigenvalue weighted by molar-refractivity contribution is -0.142. The summed E-state index contributed by atoms with van der Waals surface area (Å²) < 4.78 is 5.08. The number of nitrogens with zero attached hydrogens (tertiary/aromatic N) is 3. The number of imide groups is 1. The highest BCUT2D eigenvalue weighted by Crippen LogP contribution is 2.20. The second kappa shape index (κ2) is 6.96. The fourth-order valence-corrected chi connectivity index (χ4v) is 2.05. The maximum absolute atomic E-state index is 12.1. The molecule has 11 nitrogen and oxygen atoms in total. The second-order valence-corrected chi connectivity index (χ2v) is 6.40. The minimum atomic E-state index is -1.55. The summed E-state index contributed by atoms with van der Waals surface area (Å²) in [6.07, 6.45) is -2.01. The predicted molar refractivity (Wildman–Crippen MR) is 85.5 cm³/mol. The summed E-state index contributed by atoms with van der Waals surface area (Å²) in [5.74, 6) is -3.09. The molecule has 1 saturated heterocycles. The number of amides is 3. The fourth-order valence-electron chi connectivity index (χ4n) is 2.05. The van der Waals surface area contributed by atoms with E-state index in [4.69, 9.17) is 9.84 Å². The van der Waals surface area contributed by atoms with E-state index in [1.807, 2.05) is 0 Å². The Labute approximate surface area is 148 Å². The van der Waals surface area contributed by atoms with Gasteiger partial charge in [-0.05, 0) is 32.9 Å². The van der Waals surface area contributed by atoms with Crippen LogP contribution >= 0.6 is 0 Å². The molecule has 1 aromatic heterocycles. The summed E-state index contributed by atoms with van der Waals surface area (Å²) in [5, 5.41) is 19.7. The van der Waals surface area contributed by atoms with Crippen molar-refractivity contribution in [1.29, 1.82) is 0 Å². The van der Waals surface area contributed by atoms with Gasteiger partial charge in [-0.1, -0.05) is 0 Å². The first-order valence-corrected chi connectivity index (χ1v) is 7.53. The number of hydrogen-bond donors (Lipinski definition) is 3. The van der Waals surface area contributed by atoms with E-state index in [9.17, 15) is 24.3 Å². The number of carboxylic acids is 1. The molecule has 1 aliphatic heterocycles. The molecule has 2 rings (SSSR count). The van der Waals surface area contributed by atoms with E-state index in [0.717, 1.165) is 6.20 Å². The minimum absolute atomic E-state index is 0.128. The van der Waals surface area contributed by atoms with Crippen LogP contribution in [0.1, 0.15) is 37.6 Å². The smallest absolute Gasteiger partial charge is 0.428 e. The number of aliphatic hydroxyl groups excluding tert-OH is 1. The average molecular weight is 366 g/mol. The molecule has 1 aromatic rings. The highest BCUT2D eigenvalue weighted by Gasteiger charge is 2.43. The van der Waals surface area contributed by atoms with Crippen LogP contribution in [0.2, 0.25) is 0 Å². The van der Waals surface area contributed by atoms with Gasteiger partial charge in [-0.2, -0.15) is 10.1 Å². The summed E-state index contributed by atoms with van der Waals surface area (Å²) in [4.78, 5) is 50.9.